The average molecular weight is 185 g/mol. The minimum atomic E-state index is -0.681. The van der Waals surface area contributed by atoms with Gasteiger partial charge in [-0.3, -0.25) is 9.69 Å². The molecule has 1 aliphatic heterocycles. The SMILES string of the molecule is CN1CCC(C(C)(C)C)C1C(=O)O. The third kappa shape index (κ3) is 2.02. The molecule has 0 bridgehead atoms. The topological polar surface area (TPSA) is 40.5 Å². The summed E-state index contributed by atoms with van der Waals surface area (Å²) in [5.41, 5.74) is 0.0911. The van der Waals surface area contributed by atoms with Crippen molar-refractivity contribution in [1.82, 2.24) is 4.90 Å². The van der Waals surface area contributed by atoms with Crippen molar-refractivity contribution in [3.05, 3.63) is 0 Å². The Morgan fingerprint density at radius 2 is 2.00 bits per heavy atom. The van der Waals surface area contributed by atoms with Crippen molar-refractivity contribution >= 4 is 5.97 Å². The van der Waals surface area contributed by atoms with Crippen LogP contribution >= 0.6 is 0 Å². The van der Waals surface area contributed by atoms with Gasteiger partial charge in [-0.25, -0.2) is 0 Å². The minimum absolute atomic E-state index is 0.0911. The molecule has 1 aliphatic rings. The summed E-state index contributed by atoms with van der Waals surface area (Å²) >= 11 is 0. The van der Waals surface area contributed by atoms with Crippen LogP contribution in [0.4, 0.5) is 0 Å². The minimum Gasteiger partial charge on any atom is -0.480 e. The molecular formula is C10H19NO2. The van der Waals surface area contributed by atoms with E-state index in [1.807, 2.05) is 11.9 Å². The maximum absolute atomic E-state index is 11.0. The summed E-state index contributed by atoms with van der Waals surface area (Å²) in [5, 5.41) is 9.08. The highest BCUT2D eigenvalue weighted by atomic mass is 16.4. The number of aliphatic carboxylic acids is 1. The molecule has 3 heteroatoms. The maximum Gasteiger partial charge on any atom is 0.321 e. The van der Waals surface area contributed by atoms with Crippen LogP contribution in [0.1, 0.15) is 27.2 Å². The molecule has 13 heavy (non-hydrogen) atoms. The molecule has 0 spiro atoms. The van der Waals surface area contributed by atoms with Crippen molar-refractivity contribution in [2.45, 2.75) is 33.2 Å². The van der Waals surface area contributed by atoms with E-state index in [1.54, 1.807) is 0 Å². The van der Waals surface area contributed by atoms with Gasteiger partial charge < -0.3 is 5.11 Å². The lowest BCUT2D eigenvalue weighted by Crippen LogP contribution is -2.41. The average Bonchev–Trinajstić information content (AvgIpc) is 2.28. The van der Waals surface area contributed by atoms with E-state index >= 15 is 0 Å². The zero-order valence-corrected chi connectivity index (χ0v) is 8.87. The Kier molecular flexibility index (Phi) is 2.66. The number of carboxylic acids is 1. The lowest BCUT2D eigenvalue weighted by molar-refractivity contribution is -0.144. The van der Waals surface area contributed by atoms with Crippen LogP contribution in [0.2, 0.25) is 0 Å². The molecule has 1 saturated heterocycles. The molecule has 0 aromatic carbocycles. The van der Waals surface area contributed by atoms with Crippen molar-refractivity contribution < 1.29 is 9.90 Å². The second kappa shape index (κ2) is 3.29. The van der Waals surface area contributed by atoms with Gasteiger partial charge in [-0.15, -0.1) is 0 Å². The Morgan fingerprint density at radius 3 is 2.31 bits per heavy atom. The van der Waals surface area contributed by atoms with Crippen LogP contribution in [-0.4, -0.2) is 35.6 Å². The van der Waals surface area contributed by atoms with E-state index in [-0.39, 0.29) is 17.4 Å². The summed E-state index contributed by atoms with van der Waals surface area (Å²) in [7, 11) is 1.89. The number of carboxylic acid groups (broad SMARTS) is 1. The van der Waals surface area contributed by atoms with Gasteiger partial charge in [-0.1, -0.05) is 20.8 Å². The molecule has 2 atom stereocenters. The number of hydrogen-bond donors (Lipinski definition) is 1. The van der Waals surface area contributed by atoms with Gasteiger partial charge in [0, 0.05) is 0 Å². The van der Waals surface area contributed by atoms with Crippen LogP contribution in [0.5, 0.6) is 0 Å². The quantitative estimate of drug-likeness (QED) is 0.672. The molecule has 3 nitrogen and oxygen atoms in total. The number of likely N-dealkylation sites (tertiary alicyclic amines) is 1. The van der Waals surface area contributed by atoms with E-state index in [2.05, 4.69) is 20.8 Å². The smallest absolute Gasteiger partial charge is 0.321 e. The highest BCUT2D eigenvalue weighted by molar-refractivity contribution is 5.74. The first-order valence-electron chi connectivity index (χ1n) is 4.77. The van der Waals surface area contributed by atoms with Crippen molar-refractivity contribution in [2.75, 3.05) is 13.6 Å². The first-order valence-corrected chi connectivity index (χ1v) is 4.77. The number of hydrogen-bond acceptors (Lipinski definition) is 2. The molecule has 1 fully saturated rings. The van der Waals surface area contributed by atoms with Gasteiger partial charge in [0.25, 0.3) is 0 Å². The monoisotopic (exact) mass is 185 g/mol. The van der Waals surface area contributed by atoms with Gasteiger partial charge in [-0.2, -0.15) is 0 Å². The fourth-order valence-electron chi connectivity index (χ4n) is 2.21. The first-order chi connectivity index (χ1) is 5.84. The van der Waals surface area contributed by atoms with Gasteiger partial charge in [0.05, 0.1) is 0 Å². The standard InChI is InChI=1S/C10H19NO2/c1-10(2,3)7-5-6-11(4)8(7)9(12)13/h7-8H,5-6H2,1-4H3,(H,12,13). The van der Waals surface area contributed by atoms with Crippen LogP contribution in [0.25, 0.3) is 0 Å². The molecule has 2 unspecified atom stereocenters. The van der Waals surface area contributed by atoms with Gasteiger partial charge >= 0.3 is 5.97 Å². The van der Waals surface area contributed by atoms with Crippen LogP contribution in [0.15, 0.2) is 0 Å². The summed E-state index contributed by atoms with van der Waals surface area (Å²) in [6, 6.07) is -0.292. The Morgan fingerprint density at radius 1 is 1.46 bits per heavy atom. The molecule has 0 amide bonds. The zero-order valence-electron chi connectivity index (χ0n) is 8.87. The van der Waals surface area contributed by atoms with E-state index in [0.29, 0.717) is 0 Å². The summed E-state index contributed by atoms with van der Waals surface area (Å²) < 4.78 is 0. The summed E-state index contributed by atoms with van der Waals surface area (Å²) in [4.78, 5) is 13.0. The van der Waals surface area contributed by atoms with E-state index in [4.69, 9.17) is 5.11 Å². The van der Waals surface area contributed by atoms with Gasteiger partial charge in [0.1, 0.15) is 6.04 Å². The highest BCUT2D eigenvalue weighted by Gasteiger charge is 2.43. The predicted octanol–water partition coefficient (Wildman–Crippen LogP) is 1.44. The zero-order chi connectivity index (χ0) is 10.2. The molecule has 1 heterocycles. The highest BCUT2D eigenvalue weighted by Crippen LogP contribution is 2.37. The van der Waals surface area contributed by atoms with E-state index in [0.717, 1.165) is 13.0 Å². The lowest BCUT2D eigenvalue weighted by atomic mass is 9.76. The molecule has 0 aromatic heterocycles. The maximum atomic E-state index is 11.0. The lowest BCUT2D eigenvalue weighted by Gasteiger charge is -2.31. The van der Waals surface area contributed by atoms with Crippen LogP contribution < -0.4 is 0 Å². The van der Waals surface area contributed by atoms with E-state index in [1.165, 1.54) is 0 Å². The van der Waals surface area contributed by atoms with Gasteiger partial charge in [-0.05, 0) is 31.3 Å². The summed E-state index contributed by atoms with van der Waals surface area (Å²) in [6.45, 7) is 7.26. The number of carbonyl (C=O) groups is 1. The van der Waals surface area contributed by atoms with E-state index < -0.39 is 5.97 Å². The first kappa shape index (κ1) is 10.5. The Balaban J connectivity index is 2.82. The summed E-state index contributed by atoms with van der Waals surface area (Å²) in [6.07, 6.45) is 0.997. The Labute approximate surface area is 79.7 Å². The fraction of sp³-hybridized carbons (Fsp3) is 0.900. The Bertz CT molecular complexity index is 207. The molecule has 0 aromatic rings. The van der Waals surface area contributed by atoms with Crippen LogP contribution in [0.3, 0.4) is 0 Å². The van der Waals surface area contributed by atoms with Crippen molar-refractivity contribution in [2.24, 2.45) is 11.3 Å². The summed E-state index contributed by atoms with van der Waals surface area (Å²) in [5.74, 6) is -0.407. The second-order valence-electron chi connectivity index (χ2n) is 5.02. The van der Waals surface area contributed by atoms with Gasteiger partial charge in [0.2, 0.25) is 0 Å². The molecule has 0 radical (unpaired) electrons. The molecular weight excluding hydrogens is 166 g/mol. The molecule has 76 valence electrons. The largest absolute Gasteiger partial charge is 0.480 e. The number of nitrogens with zero attached hydrogens (tertiary/aromatic N) is 1. The molecule has 1 rings (SSSR count). The Hall–Kier alpha value is -0.570. The third-order valence-corrected chi connectivity index (χ3v) is 3.01. The van der Waals surface area contributed by atoms with Crippen molar-refractivity contribution in [1.29, 1.82) is 0 Å². The third-order valence-electron chi connectivity index (χ3n) is 3.01. The number of likely N-dealkylation sites (N-methyl/N-ethyl adjacent to an activating group) is 1. The molecule has 1 N–H and O–H groups in total. The normalized spacial score (nSPS) is 30.8. The van der Waals surface area contributed by atoms with Crippen LogP contribution in [-0.2, 0) is 4.79 Å². The van der Waals surface area contributed by atoms with Crippen molar-refractivity contribution in [3.63, 3.8) is 0 Å². The predicted molar refractivity (Wildman–Crippen MR) is 51.6 cm³/mol. The number of rotatable bonds is 1. The molecule has 0 aliphatic carbocycles. The molecule has 0 saturated carbocycles. The van der Waals surface area contributed by atoms with Crippen molar-refractivity contribution in [3.8, 4) is 0 Å². The fourth-order valence-corrected chi connectivity index (χ4v) is 2.21. The van der Waals surface area contributed by atoms with Gasteiger partial charge in [0.15, 0.2) is 0 Å². The van der Waals surface area contributed by atoms with Crippen LogP contribution in [0, 0.1) is 11.3 Å². The second-order valence-corrected chi connectivity index (χ2v) is 5.02. The van der Waals surface area contributed by atoms with E-state index in [9.17, 15) is 4.79 Å².